The molecule has 102 valence electrons. The molecule has 0 aromatic heterocycles. The molecule has 0 aliphatic rings. The predicted molar refractivity (Wildman–Crippen MR) is 77.5 cm³/mol. The second kappa shape index (κ2) is 7.75. The first-order valence-electron chi connectivity index (χ1n) is 6.06. The van der Waals surface area contributed by atoms with Gasteiger partial charge in [-0.15, -0.1) is 17.7 Å². The number of carboxylic acids is 1. The highest BCUT2D eigenvalue weighted by Crippen LogP contribution is 2.29. The Hall–Kier alpha value is -1.60. The number of aliphatic carboxylic acids is 1. The third-order valence-corrected chi connectivity index (χ3v) is 3.97. The van der Waals surface area contributed by atoms with Crippen LogP contribution in [0.2, 0.25) is 0 Å². The third-order valence-electron chi connectivity index (χ3n) is 2.42. The van der Waals surface area contributed by atoms with E-state index in [-0.39, 0.29) is 5.92 Å². The van der Waals surface area contributed by atoms with Gasteiger partial charge in [-0.3, -0.25) is 4.79 Å². The van der Waals surface area contributed by atoms with E-state index in [1.165, 1.54) is 11.8 Å². The summed E-state index contributed by atoms with van der Waals surface area (Å²) in [6.45, 7) is 5.95. The summed E-state index contributed by atoms with van der Waals surface area (Å²) < 4.78 is 5.40. The largest absolute Gasteiger partial charge is 0.481 e. The zero-order chi connectivity index (χ0) is 14.3. The summed E-state index contributed by atoms with van der Waals surface area (Å²) in [5.74, 6) is 5.62. The van der Waals surface area contributed by atoms with Crippen molar-refractivity contribution >= 4 is 17.7 Å². The van der Waals surface area contributed by atoms with E-state index in [0.717, 1.165) is 10.6 Å². The SMILES string of the molecule is CC#CCOc1ccc(S[C@@H](C(=O)O)C(C)C)cc1. The maximum atomic E-state index is 11.1. The zero-order valence-corrected chi connectivity index (χ0v) is 12.2. The van der Waals surface area contributed by atoms with Crippen molar-refractivity contribution in [1.29, 1.82) is 0 Å². The molecular formula is C15H18O3S. The number of thioether (sulfide) groups is 1. The highest BCUT2D eigenvalue weighted by Gasteiger charge is 2.22. The number of rotatable bonds is 6. The molecule has 0 bridgehead atoms. The third kappa shape index (κ3) is 5.27. The summed E-state index contributed by atoms with van der Waals surface area (Å²) in [6, 6.07) is 7.41. The maximum Gasteiger partial charge on any atom is 0.317 e. The molecular weight excluding hydrogens is 260 g/mol. The van der Waals surface area contributed by atoms with Crippen molar-refractivity contribution in [3.63, 3.8) is 0 Å². The number of hydrogen-bond acceptors (Lipinski definition) is 3. The van der Waals surface area contributed by atoms with E-state index in [1.807, 2.05) is 38.1 Å². The Morgan fingerprint density at radius 3 is 2.47 bits per heavy atom. The van der Waals surface area contributed by atoms with E-state index in [1.54, 1.807) is 6.92 Å². The first-order chi connectivity index (χ1) is 9.04. The average Bonchev–Trinajstić information content (AvgIpc) is 2.37. The lowest BCUT2D eigenvalue weighted by Crippen LogP contribution is -2.22. The van der Waals surface area contributed by atoms with Crippen LogP contribution in [-0.2, 0) is 4.79 Å². The Labute approximate surface area is 118 Å². The normalized spacial score (nSPS) is 11.6. The minimum absolute atomic E-state index is 0.0817. The van der Waals surface area contributed by atoms with Crippen LogP contribution in [0.25, 0.3) is 0 Å². The lowest BCUT2D eigenvalue weighted by molar-refractivity contribution is -0.137. The van der Waals surface area contributed by atoms with Crippen molar-refractivity contribution in [2.24, 2.45) is 5.92 Å². The summed E-state index contributed by atoms with van der Waals surface area (Å²) >= 11 is 1.36. The first-order valence-corrected chi connectivity index (χ1v) is 6.94. The number of hydrogen-bond donors (Lipinski definition) is 1. The second-order valence-electron chi connectivity index (χ2n) is 4.31. The number of benzene rings is 1. The molecule has 1 atom stereocenters. The quantitative estimate of drug-likeness (QED) is 0.640. The van der Waals surface area contributed by atoms with E-state index in [0.29, 0.717) is 6.61 Å². The van der Waals surface area contributed by atoms with Crippen LogP contribution >= 0.6 is 11.8 Å². The Balaban J connectivity index is 2.64. The van der Waals surface area contributed by atoms with Crippen LogP contribution in [0.15, 0.2) is 29.2 Å². The fourth-order valence-corrected chi connectivity index (χ4v) is 2.38. The van der Waals surface area contributed by atoms with E-state index in [4.69, 9.17) is 9.84 Å². The summed E-state index contributed by atoms with van der Waals surface area (Å²) in [7, 11) is 0. The zero-order valence-electron chi connectivity index (χ0n) is 11.3. The standard InChI is InChI=1S/C15H18O3S/c1-4-5-10-18-12-6-8-13(9-7-12)19-14(11(2)3)15(16)17/h6-9,11,14H,10H2,1-3H3,(H,16,17)/t14-/m1/s1. The molecule has 0 saturated heterocycles. The molecule has 0 heterocycles. The van der Waals surface area contributed by atoms with E-state index < -0.39 is 11.2 Å². The highest BCUT2D eigenvalue weighted by atomic mass is 32.2. The van der Waals surface area contributed by atoms with Crippen LogP contribution in [-0.4, -0.2) is 22.9 Å². The monoisotopic (exact) mass is 278 g/mol. The molecule has 0 fully saturated rings. The van der Waals surface area contributed by atoms with E-state index in [9.17, 15) is 4.79 Å². The van der Waals surface area contributed by atoms with E-state index >= 15 is 0 Å². The van der Waals surface area contributed by atoms with Gasteiger partial charge >= 0.3 is 5.97 Å². The second-order valence-corrected chi connectivity index (χ2v) is 5.52. The van der Waals surface area contributed by atoms with Crippen LogP contribution in [0.5, 0.6) is 5.75 Å². The summed E-state index contributed by atoms with van der Waals surface area (Å²) in [5, 5.41) is 8.71. The van der Waals surface area contributed by atoms with Gasteiger partial charge in [0.1, 0.15) is 17.6 Å². The Morgan fingerprint density at radius 2 is 2.00 bits per heavy atom. The fraction of sp³-hybridized carbons (Fsp3) is 0.400. The molecule has 0 amide bonds. The summed E-state index contributed by atoms with van der Waals surface area (Å²) in [5.41, 5.74) is 0. The Bertz CT molecular complexity index is 468. The van der Waals surface area contributed by atoms with Gasteiger partial charge in [-0.25, -0.2) is 0 Å². The molecule has 0 spiro atoms. The molecule has 1 aromatic carbocycles. The van der Waals surface area contributed by atoms with Crippen LogP contribution in [0, 0.1) is 17.8 Å². The molecule has 1 rings (SSSR count). The number of ether oxygens (including phenoxy) is 1. The molecule has 3 nitrogen and oxygen atoms in total. The van der Waals surface area contributed by atoms with Crippen molar-refractivity contribution in [1.82, 2.24) is 0 Å². The molecule has 1 aromatic rings. The van der Waals surface area contributed by atoms with Crippen molar-refractivity contribution in [3.05, 3.63) is 24.3 Å². The van der Waals surface area contributed by atoms with Gasteiger partial charge in [0.05, 0.1) is 0 Å². The molecule has 4 heteroatoms. The van der Waals surface area contributed by atoms with Gasteiger partial charge in [0.2, 0.25) is 0 Å². The number of carboxylic acid groups (broad SMARTS) is 1. The van der Waals surface area contributed by atoms with Crippen LogP contribution in [0.1, 0.15) is 20.8 Å². The van der Waals surface area contributed by atoms with Gasteiger partial charge in [0, 0.05) is 4.90 Å². The van der Waals surface area contributed by atoms with Gasteiger partial charge in [-0.1, -0.05) is 19.8 Å². The maximum absolute atomic E-state index is 11.1. The van der Waals surface area contributed by atoms with Crippen LogP contribution < -0.4 is 4.74 Å². The van der Waals surface area contributed by atoms with Crippen molar-refractivity contribution in [2.45, 2.75) is 30.9 Å². The van der Waals surface area contributed by atoms with Gasteiger partial charge in [-0.05, 0) is 37.1 Å². The van der Waals surface area contributed by atoms with Crippen molar-refractivity contribution < 1.29 is 14.6 Å². The topological polar surface area (TPSA) is 46.5 Å². The molecule has 0 unspecified atom stereocenters. The van der Waals surface area contributed by atoms with Crippen molar-refractivity contribution in [2.75, 3.05) is 6.61 Å². The molecule has 0 radical (unpaired) electrons. The molecule has 1 N–H and O–H groups in total. The van der Waals surface area contributed by atoms with Crippen molar-refractivity contribution in [3.8, 4) is 17.6 Å². The minimum Gasteiger partial charge on any atom is -0.481 e. The lowest BCUT2D eigenvalue weighted by atomic mass is 10.1. The molecule has 0 aliphatic carbocycles. The average molecular weight is 278 g/mol. The highest BCUT2D eigenvalue weighted by molar-refractivity contribution is 8.00. The molecule has 19 heavy (non-hydrogen) atoms. The predicted octanol–water partition coefficient (Wildman–Crippen LogP) is 3.29. The van der Waals surface area contributed by atoms with Gasteiger partial charge in [0.15, 0.2) is 0 Å². The smallest absolute Gasteiger partial charge is 0.317 e. The number of carbonyl (C=O) groups is 1. The Morgan fingerprint density at radius 1 is 1.37 bits per heavy atom. The molecule has 0 saturated carbocycles. The summed E-state index contributed by atoms with van der Waals surface area (Å²) in [6.07, 6.45) is 0. The minimum atomic E-state index is -0.779. The first kappa shape index (κ1) is 15.5. The van der Waals surface area contributed by atoms with Gasteiger partial charge in [0.25, 0.3) is 0 Å². The summed E-state index contributed by atoms with van der Waals surface area (Å²) in [4.78, 5) is 12.1. The van der Waals surface area contributed by atoms with Crippen LogP contribution in [0.4, 0.5) is 0 Å². The lowest BCUT2D eigenvalue weighted by Gasteiger charge is -2.15. The van der Waals surface area contributed by atoms with Crippen LogP contribution in [0.3, 0.4) is 0 Å². The Kier molecular flexibility index (Phi) is 6.31. The molecule has 0 aliphatic heterocycles. The van der Waals surface area contributed by atoms with Gasteiger partial charge < -0.3 is 9.84 Å². The van der Waals surface area contributed by atoms with Gasteiger partial charge in [-0.2, -0.15) is 0 Å². The fourth-order valence-electron chi connectivity index (χ4n) is 1.42. The van der Waals surface area contributed by atoms with E-state index in [2.05, 4.69) is 11.8 Å².